The van der Waals surface area contributed by atoms with E-state index in [0.717, 1.165) is 5.56 Å². The van der Waals surface area contributed by atoms with Crippen LogP contribution in [-0.4, -0.2) is 44.2 Å². The molecule has 0 spiro atoms. The molecule has 8 heteroatoms. The predicted molar refractivity (Wildman–Crippen MR) is 109 cm³/mol. The normalized spacial score (nSPS) is 17.4. The van der Waals surface area contributed by atoms with Gasteiger partial charge in [-0.25, -0.2) is 8.42 Å². The molecule has 2 aromatic carbocycles. The molecule has 7 nitrogen and oxygen atoms in total. The van der Waals surface area contributed by atoms with E-state index < -0.39 is 15.9 Å². The number of hydrogen-bond donors (Lipinski definition) is 2. The van der Waals surface area contributed by atoms with Crippen LogP contribution in [0.15, 0.2) is 65.6 Å². The molecule has 1 aliphatic rings. The first-order valence-electron chi connectivity index (χ1n) is 9.60. The first kappa shape index (κ1) is 21.0. The lowest BCUT2D eigenvalue weighted by Gasteiger charge is -2.31. The van der Waals surface area contributed by atoms with Gasteiger partial charge in [-0.1, -0.05) is 48.5 Å². The van der Waals surface area contributed by atoms with Crippen LogP contribution < -0.4 is 10.6 Å². The minimum atomic E-state index is -3.62. The van der Waals surface area contributed by atoms with Crippen LogP contribution in [0.2, 0.25) is 0 Å². The third-order valence-electron chi connectivity index (χ3n) is 4.89. The largest absolute Gasteiger partial charge is 0.350 e. The lowest BCUT2D eigenvalue weighted by atomic mass is 9.99. The third kappa shape index (κ3) is 5.65. The fourth-order valence-corrected chi connectivity index (χ4v) is 4.83. The fourth-order valence-electron chi connectivity index (χ4n) is 3.29. The van der Waals surface area contributed by atoms with Gasteiger partial charge in [0.25, 0.3) is 0 Å². The summed E-state index contributed by atoms with van der Waals surface area (Å²) in [5.74, 6) is -1.05. The van der Waals surface area contributed by atoms with Crippen LogP contribution in [-0.2, 0) is 26.2 Å². The average Bonchev–Trinajstić information content (AvgIpc) is 2.77. The summed E-state index contributed by atoms with van der Waals surface area (Å²) in [6, 6.07) is 17.7. The van der Waals surface area contributed by atoms with Gasteiger partial charge in [0.15, 0.2) is 0 Å². The number of carbonyl (C=O) groups is 2. The Labute approximate surface area is 171 Å². The maximum atomic E-state index is 12.8. The second-order valence-electron chi connectivity index (χ2n) is 7.00. The molecule has 0 bridgehead atoms. The second-order valence-corrected chi connectivity index (χ2v) is 8.93. The summed E-state index contributed by atoms with van der Waals surface area (Å²) < 4.78 is 26.9. The van der Waals surface area contributed by atoms with Crippen LogP contribution in [0.1, 0.15) is 18.4 Å². The van der Waals surface area contributed by atoms with E-state index in [9.17, 15) is 18.0 Å². The Kier molecular flexibility index (Phi) is 7.00. The van der Waals surface area contributed by atoms with Crippen molar-refractivity contribution in [3.05, 3.63) is 66.2 Å². The van der Waals surface area contributed by atoms with E-state index in [4.69, 9.17) is 0 Å². The van der Waals surface area contributed by atoms with E-state index in [1.54, 1.807) is 30.3 Å². The Morgan fingerprint density at radius 2 is 1.62 bits per heavy atom. The van der Waals surface area contributed by atoms with Crippen LogP contribution in [0.4, 0.5) is 0 Å². The number of carbonyl (C=O) groups excluding carboxylic acids is 2. The third-order valence-corrected chi connectivity index (χ3v) is 6.77. The van der Waals surface area contributed by atoms with Gasteiger partial charge in [0.05, 0.1) is 17.4 Å². The molecule has 1 atom stereocenters. The Morgan fingerprint density at radius 1 is 0.966 bits per heavy atom. The number of nitrogens with one attached hydrogen (secondary N) is 2. The summed E-state index contributed by atoms with van der Waals surface area (Å²) in [4.78, 5) is 24.7. The molecule has 1 saturated heterocycles. The highest BCUT2D eigenvalue weighted by Gasteiger charge is 2.33. The van der Waals surface area contributed by atoms with Gasteiger partial charge in [-0.2, -0.15) is 4.31 Å². The Bertz CT molecular complexity index is 933. The smallest absolute Gasteiger partial charge is 0.243 e. The van der Waals surface area contributed by atoms with E-state index >= 15 is 0 Å². The molecule has 1 aliphatic heterocycles. The molecule has 154 valence electrons. The Hall–Kier alpha value is -2.71. The summed E-state index contributed by atoms with van der Waals surface area (Å²) in [6.07, 6.45) is 1.20. The van der Waals surface area contributed by atoms with Crippen LogP contribution in [0.25, 0.3) is 0 Å². The Balaban J connectivity index is 1.50. The highest BCUT2D eigenvalue weighted by atomic mass is 32.2. The van der Waals surface area contributed by atoms with E-state index in [1.165, 1.54) is 4.31 Å². The van der Waals surface area contributed by atoms with E-state index in [0.29, 0.717) is 25.9 Å². The van der Waals surface area contributed by atoms with Crippen LogP contribution in [0, 0.1) is 5.92 Å². The zero-order chi connectivity index (χ0) is 20.7. The molecule has 3 rings (SSSR count). The second kappa shape index (κ2) is 9.67. The van der Waals surface area contributed by atoms with Gasteiger partial charge in [-0.15, -0.1) is 0 Å². The standard InChI is InChI=1S/C21H25N3O4S/c25-20(22-14-17-8-3-1-4-9-17)15-23-21(26)18-10-7-13-24(16-18)29(27,28)19-11-5-2-6-12-19/h1-6,8-9,11-12,18H,7,10,13-16H2,(H,22,25)(H,23,26)/t18-/m0/s1. The molecule has 2 N–H and O–H groups in total. The minimum Gasteiger partial charge on any atom is -0.350 e. The fraction of sp³-hybridized carbons (Fsp3) is 0.333. The predicted octanol–water partition coefficient (Wildman–Crippen LogP) is 1.52. The summed E-state index contributed by atoms with van der Waals surface area (Å²) in [7, 11) is -3.62. The minimum absolute atomic E-state index is 0.120. The maximum Gasteiger partial charge on any atom is 0.243 e. The average molecular weight is 416 g/mol. The molecular formula is C21H25N3O4S. The van der Waals surface area contributed by atoms with Crippen molar-refractivity contribution in [2.75, 3.05) is 19.6 Å². The molecule has 29 heavy (non-hydrogen) atoms. The number of piperidine rings is 1. The van der Waals surface area contributed by atoms with E-state index in [-0.39, 0.29) is 29.8 Å². The van der Waals surface area contributed by atoms with Crippen molar-refractivity contribution in [3.8, 4) is 0 Å². The molecule has 0 aromatic heterocycles. The van der Waals surface area contributed by atoms with Gasteiger partial charge in [0.2, 0.25) is 21.8 Å². The Morgan fingerprint density at radius 3 is 2.31 bits per heavy atom. The summed E-state index contributed by atoms with van der Waals surface area (Å²) >= 11 is 0. The lowest BCUT2D eigenvalue weighted by Crippen LogP contribution is -2.47. The van der Waals surface area contributed by atoms with Crippen molar-refractivity contribution in [2.24, 2.45) is 5.92 Å². The molecule has 0 radical (unpaired) electrons. The molecule has 1 fully saturated rings. The molecule has 2 amide bonds. The van der Waals surface area contributed by atoms with Crippen LogP contribution >= 0.6 is 0 Å². The zero-order valence-electron chi connectivity index (χ0n) is 16.1. The molecular weight excluding hydrogens is 390 g/mol. The lowest BCUT2D eigenvalue weighted by molar-refractivity contribution is -0.129. The van der Waals surface area contributed by atoms with Crippen molar-refractivity contribution in [1.82, 2.24) is 14.9 Å². The summed E-state index contributed by atoms with van der Waals surface area (Å²) in [6.45, 7) is 0.767. The topological polar surface area (TPSA) is 95.6 Å². The molecule has 1 heterocycles. The van der Waals surface area contributed by atoms with Crippen molar-refractivity contribution in [1.29, 1.82) is 0 Å². The van der Waals surface area contributed by atoms with Crippen LogP contribution in [0.3, 0.4) is 0 Å². The van der Waals surface area contributed by atoms with Crippen molar-refractivity contribution < 1.29 is 18.0 Å². The molecule has 0 saturated carbocycles. The van der Waals surface area contributed by atoms with Gasteiger partial charge in [-0.05, 0) is 30.5 Å². The summed E-state index contributed by atoms with van der Waals surface area (Å²) in [5.41, 5.74) is 0.973. The number of amides is 2. The quantitative estimate of drug-likeness (QED) is 0.717. The SMILES string of the molecule is O=C(CNC(=O)[C@H]1CCCN(S(=O)(=O)c2ccccc2)C1)NCc1ccccc1. The number of benzene rings is 2. The number of hydrogen-bond acceptors (Lipinski definition) is 4. The van der Waals surface area contributed by atoms with Gasteiger partial charge in [0, 0.05) is 19.6 Å². The molecule has 0 aliphatic carbocycles. The van der Waals surface area contributed by atoms with Crippen LogP contribution in [0.5, 0.6) is 0 Å². The van der Waals surface area contributed by atoms with Crippen molar-refractivity contribution in [3.63, 3.8) is 0 Å². The van der Waals surface area contributed by atoms with E-state index in [2.05, 4.69) is 10.6 Å². The first-order chi connectivity index (χ1) is 14.0. The van der Waals surface area contributed by atoms with Gasteiger partial charge in [0.1, 0.15) is 0 Å². The van der Waals surface area contributed by atoms with Gasteiger partial charge in [-0.3, -0.25) is 9.59 Å². The maximum absolute atomic E-state index is 12.8. The summed E-state index contributed by atoms with van der Waals surface area (Å²) in [5, 5.41) is 5.38. The molecule has 0 unspecified atom stereocenters. The van der Waals surface area contributed by atoms with Gasteiger partial charge >= 0.3 is 0 Å². The highest BCUT2D eigenvalue weighted by molar-refractivity contribution is 7.89. The number of rotatable bonds is 7. The van der Waals surface area contributed by atoms with Crippen molar-refractivity contribution in [2.45, 2.75) is 24.3 Å². The first-order valence-corrected chi connectivity index (χ1v) is 11.0. The van der Waals surface area contributed by atoms with E-state index in [1.807, 2.05) is 30.3 Å². The zero-order valence-corrected chi connectivity index (χ0v) is 16.9. The molecule has 2 aromatic rings. The number of sulfonamides is 1. The monoisotopic (exact) mass is 415 g/mol. The van der Waals surface area contributed by atoms with Gasteiger partial charge < -0.3 is 10.6 Å². The number of nitrogens with zero attached hydrogens (tertiary/aromatic N) is 1. The van der Waals surface area contributed by atoms with Crippen molar-refractivity contribution >= 4 is 21.8 Å². The highest BCUT2D eigenvalue weighted by Crippen LogP contribution is 2.23.